The monoisotopic (exact) mass is 166 g/mol. The second-order valence-electron chi connectivity index (χ2n) is 1.32. The molecule has 1 N–H and O–H groups in total. The summed E-state index contributed by atoms with van der Waals surface area (Å²) in [7, 11) is 2.45. The average molecular weight is 167 g/mol. The molecule has 0 saturated heterocycles. The standard InChI is InChI=1S/C5H7ClO4/c1-9-3(5(7)8)4(6)10-2/h1-2H3,(H,7,8)/b4-3-. The first-order valence-electron chi connectivity index (χ1n) is 2.34. The SMILES string of the molecule is CO/C(Cl)=C(\OC)C(=O)O. The molecule has 4 nitrogen and oxygen atoms in total. The smallest absolute Gasteiger partial charge is 0.376 e. The summed E-state index contributed by atoms with van der Waals surface area (Å²) >= 11 is 5.28. The molecule has 58 valence electrons. The van der Waals surface area contributed by atoms with Crippen molar-refractivity contribution in [3.05, 3.63) is 11.0 Å². The third-order valence-corrected chi connectivity index (χ3v) is 1.08. The number of halogens is 1. The summed E-state index contributed by atoms with van der Waals surface area (Å²) in [5.74, 6) is -1.65. The van der Waals surface area contributed by atoms with Gasteiger partial charge in [0, 0.05) is 0 Å². The lowest BCUT2D eigenvalue weighted by Crippen LogP contribution is -2.05. The molecule has 0 aliphatic rings. The summed E-state index contributed by atoms with van der Waals surface area (Å²) in [4.78, 5) is 10.2. The van der Waals surface area contributed by atoms with Gasteiger partial charge in [0.05, 0.1) is 14.2 Å². The lowest BCUT2D eigenvalue weighted by molar-refractivity contribution is -0.136. The summed E-state index contributed by atoms with van der Waals surface area (Å²) < 4.78 is 8.79. The molecule has 0 spiro atoms. The van der Waals surface area contributed by atoms with E-state index in [4.69, 9.17) is 16.7 Å². The molecule has 0 aromatic carbocycles. The Morgan fingerprint density at radius 1 is 1.40 bits per heavy atom. The number of methoxy groups -OCH3 is 2. The van der Waals surface area contributed by atoms with E-state index in [2.05, 4.69) is 9.47 Å². The van der Waals surface area contributed by atoms with E-state index in [-0.39, 0.29) is 5.22 Å². The second kappa shape index (κ2) is 4.00. The van der Waals surface area contributed by atoms with Gasteiger partial charge < -0.3 is 14.6 Å². The Labute approximate surface area is 63.0 Å². The van der Waals surface area contributed by atoms with Gasteiger partial charge in [-0.15, -0.1) is 0 Å². The Kier molecular flexibility index (Phi) is 3.64. The normalized spacial score (nSPS) is 11.9. The van der Waals surface area contributed by atoms with Gasteiger partial charge in [0.25, 0.3) is 5.76 Å². The van der Waals surface area contributed by atoms with Gasteiger partial charge >= 0.3 is 5.97 Å². The maximum Gasteiger partial charge on any atom is 0.376 e. The first-order valence-corrected chi connectivity index (χ1v) is 2.72. The molecule has 0 unspecified atom stereocenters. The molecule has 0 aliphatic heterocycles. The molecule has 0 heterocycles. The van der Waals surface area contributed by atoms with Gasteiger partial charge in [-0.2, -0.15) is 0 Å². The topological polar surface area (TPSA) is 55.8 Å². The number of aliphatic carboxylic acids is 1. The van der Waals surface area contributed by atoms with Crippen molar-refractivity contribution in [2.75, 3.05) is 14.2 Å². The van der Waals surface area contributed by atoms with Crippen molar-refractivity contribution in [3.8, 4) is 0 Å². The highest BCUT2D eigenvalue weighted by Gasteiger charge is 2.13. The minimum Gasteiger partial charge on any atom is -0.487 e. The second-order valence-corrected chi connectivity index (χ2v) is 1.66. The Morgan fingerprint density at radius 2 is 1.90 bits per heavy atom. The largest absolute Gasteiger partial charge is 0.487 e. The zero-order valence-corrected chi connectivity index (χ0v) is 6.31. The third-order valence-electron chi connectivity index (χ3n) is 0.756. The minimum atomic E-state index is -1.26. The maximum absolute atomic E-state index is 10.2. The van der Waals surface area contributed by atoms with Crippen molar-refractivity contribution in [2.24, 2.45) is 0 Å². The van der Waals surface area contributed by atoms with E-state index < -0.39 is 11.7 Å². The molecule has 0 saturated carbocycles. The Bertz CT molecular complexity index is 163. The van der Waals surface area contributed by atoms with E-state index in [9.17, 15) is 4.79 Å². The van der Waals surface area contributed by atoms with Crippen LogP contribution in [0.1, 0.15) is 0 Å². The maximum atomic E-state index is 10.2. The number of carbonyl (C=O) groups is 1. The number of ether oxygens (including phenoxy) is 2. The summed E-state index contributed by atoms with van der Waals surface area (Å²) in [5, 5.41) is 8.06. The number of hydrogen-bond donors (Lipinski definition) is 1. The molecule has 0 aromatic rings. The van der Waals surface area contributed by atoms with E-state index in [1.807, 2.05) is 0 Å². The first-order chi connectivity index (χ1) is 4.63. The number of hydrogen-bond acceptors (Lipinski definition) is 3. The van der Waals surface area contributed by atoms with Crippen LogP contribution in [0.3, 0.4) is 0 Å². The molecule has 0 radical (unpaired) electrons. The van der Waals surface area contributed by atoms with Gasteiger partial charge in [-0.05, 0) is 11.6 Å². The molecule has 0 aliphatic carbocycles. The number of carboxylic acids is 1. The Hall–Kier alpha value is -0.900. The molecule has 0 aromatic heterocycles. The van der Waals surface area contributed by atoms with Crippen LogP contribution in [0, 0.1) is 0 Å². The molecule has 0 amide bonds. The van der Waals surface area contributed by atoms with Crippen LogP contribution < -0.4 is 0 Å². The molecular formula is C5H7ClO4. The highest BCUT2D eigenvalue weighted by Crippen LogP contribution is 2.10. The molecule has 0 atom stereocenters. The van der Waals surface area contributed by atoms with Crippen LogP contribution in [0.15, 0.2) is 11.0 Å². The van der Waals surface area contributed by atoms with Gasteiger partial charge in [0.1, 0.15) is 0 Å². The van der Waals surface area contributed by atoms with Crippen LogP contribution in [0.4, 0.5) is 0 Å². The number of rotatable bonds is 3. The summed E-state index contributed by atoms with van der Waals surface area (Å²) in [6.45, 7) is 0. The third kappa shape index (κ3) is 2.14. The quantitative estimate of drug-likeness (QED) is 0.497. The van der Waals surface area contributed by atoms with Crippen LogP contribution in [0.5, 0.6) is 0 Å². The zero-order chi connectivity index (χ0) is 8.15. The van der Waals surface area contributed by atoms with Crippen LogP contribution >= 0.6 is 11.6 Å². The van der Waals surface area contributed by atoms with Crippen LogP contribution in [-0.2, 0) is 14.3 Å². The zero-order valence-electron chi connectivity index (χ0n) is 5.55. The predicted molar refractivity (Wildman–Crippen MR) is 34.5 cm³/mol. The van der Waals surface area contributed by atoms with Gasteiger partial charge in [0.2, 0.25) is 5.22 Å². The van der Waals surface area contributed by atoms with Crippen molar-refractivity contribution in [1.29, 1.82) is 0 Å². The van der Waals surface area contributed by atoms with E-state index in [1.54, 1.807) is 0 Å². The van der Waals surface area contributed by atoms with Gasteiger partial charge in [-0.25, -0.2) is 4.79 Å². The average Bonchev–Trinajstić information content (AvgIpc) is 1.88. The van der Waals surface area contributed by atoms with E-state index in [0.717, 1.165) is 0 Å². The van der Waals surface area contributed by atoms with E-state index in [0.29, 0.717) is 0 Å². The predicted octanol–water partition coefficient (Wildman–Crippen LogP) is 0.772. The van der Waals surface area contributed by atoms with E-state index >= 15 is 0 Å². The lowest BCUT2D eigenvalue weighted by atomic mass is 10.5. The fourth-order valence-electron chi connectivity index (χ4n) is 0.344. The fourth-order valence-corrected chi connectivity index (χ4v) is 0.502. The summed E-state index contributed by atoms with van der Waals surface area (Å²) in [6.07, 6.45) is 0. The molecule has 0 fully saturated rings. The van der Waals surface area contributed by atoms with Gasteiger partial charge in [0.15, 0.2) is 0 Å². The first kappa shape index (κ1) is 9.10. The number of carboxylic acid groups (broad SMARTS) is 1. The highest BCUT2D eigenvalue weighted by molar-refractivity contribution is 6.30. The molecule has 0 rings (SSSR count). The van der Waals surface area contributed by atoms with Gasteiger partial charge in [-0.1, -0.05) is 0 Å². The Morgan fingerprint density at radius 3 is 2.00 bits per heavy atom. The van der Waals surface area contributed by atoms with Crippen molar-refractivity contribution in [2.45, 2.75) is 0 Å². The molecule has 10 heavy (non-hydrogen) atoms. The molecule has 0 bridgehead atoms. The molecular weight excluding hydrogens is 160 g/mol. The van der Waals surface area contributed by atoms with Crippen LogP contribution in [0.25, 0.3) is 0 Å². The highest BCUT2D eigenvalue weighted by atomic mass is 35.5. The van der Waals surface area contributed by atoms with Crippen molar-refractivity contribution in [3.63, 3.8) is 0 Å². The van der Waals surface area contributed by atoms with Gasteiger partial charge in [-0.3, -0.25) is 0 Å². The fraction of sp³-hybridized carbons (Fsp3) is 0.400. The van der Waals surface area contributed by atoms with E-state index in [1.165, 1.54) is 14.2 Å². The summed E-state index contributed by atoms with van der Waals surface area (Å²) in [5.41, 5.74) is 0. The van der Waals surface area contributed by atoms with Crippen LogP contribution in [-0.4, -0.2) is 25.3 Å². The van der Waals surface area contributed by atoms with Crippen molar-refractivity contribution < 1.29 is 19.4 Å². The minimum absolute atomic E-state index is 0.269. The van der Waals surface area contributed by atoms with Crippen LogP contribution in [0.2, 0.25) is 0 Å². The lowest BCUT2D eigenvalue weighted by Gasteiger charge is -2.01. The van der Waals surface area contributed by atoms with Crippen molar-refractivity contribution in [1.82, 2.24) is 0 Å². The Balaban J connectivity index is 4.45. The molecule has 5 heteroatoms. The summed E-state index contributed by atoms with van der Waals surface area (Å²) in [6, 6.07) is 0. The van der Waals surface area contributed by atoms with Crippen molar-refractivity contribution >= 4 is 17.6 Å².